The van der Waals surface area contributed by atoms with E-state index >= 15 is 0 Å². The fraction of sp³-hybridized carbons (Fsp3) is 0.0556. The SMILES string of the molecule is O=C(Nc1ccc(F)cc1)c1cc(Nc2cccc(C(F)(F)F)c2)ncn1. The number of aromatic nitrogens is 2. The van der Waals surface area contributed by atoms with Crippen LogP contribution in [-0.2, 0) is 6.18 Å². The van der Waals surface area contributed by atoms with Crippen LogP contribution in [0, 0.1) is 5.82 Å². The smallest absolute Gasteiger partial charge is 0.340 e. The molecule has 0 unspecified atom stereocenters. The summed E-state index contributed by atoms with van der Waals surface area (Å²) in [5.41, 5.74) is -0.291. The Kier molecular flexibility index (Phi) is 5.02. The van der Waals surface area contributed by atoms with Crippen molar-refractivity contribution in [1.82, 2.24) is 9.97 Å². The molecule has 5 nitrogen and oxygen atoms in total. The zero-order valence-corrected chi connectivity index (χ0v) is 13.6. The molecule has 0 aliphatic heterocycles. The Morgan fingerprint density at radius 2 is 1.67 bits per heavy atom. The van der Waals surface area contributed by atoms with E-state index in [9.17, 15) is 22.4 Å². The molecule has 0 saturated carbocycles. The second kappa shape index (κ2) is 7.40. The standard InChI is InChI=1S/C18H12F4N4O/c19-12-4-6-13(7-5-12)26-17(27)15-9-16(24-10-23-15)25-14-3-1-2-11(8-14)18(20,21)22/h1-10H,(H,26,27)(H,23,24,25). The Morgan fingerprint density at radius 3 is 2.37 bits per heavy atom. The van der Waals surface area contributed by atoms with Crippen molar-refractivity contribution < 1.29 is 22.4 Å². The van der Waals surface area contributed by atoms with Crippen LogP contribution in [0.4, 0.5) is 34.8 Å². The predicted octanol–water partition coefficient (Wildman–Crippen LogP) is 4.63. The first-order valence-electron chi connectivity index (χ1n) is 7.64. The van der Waals surface area contributed by atoms with Gasteiger partial charge >= 0.3 is 6.18 Å². The third-order valence-corrected chi connectivity index (χ3v) is 3.46. The zero-order valence-electron chi connectivity index (χ0n) is 13.6. The zero-order chi connectivity index (χ0) is 19.4. The molecule has 1 aromatic heterocycles. The lowest BCUT2D eigenvalue weighted by Crippen LogP contribution is -2.14. The summed E-state index contributed by atoms with van der Waals surface area (Å²) in [6.07, 6.45) is -3.36. The fourth-order valence-electron chi connectivity index (χ4n) is 2.20. The number of alkyl halides is 3. The van der Waals surface area contributed by atoms with E-state index in [0.29, 0.717) is 5.69 Å². The number of carbonyl (C=O) groups is 1. The summed E-state index contributed by atoms with van der Waals surface area (Å²) in [7, 11) is 0. The molecule has 0 spiro atoms. The Hall–Kier alpha value is -3.49. The van der Waals surface area contributed by atoms with Gasteiger partial charge in [-0.15, -0.1) is 0 Å². The molecule has 0 fully saturated rings. The first-order chi connectivity index (χ1) is 12.8. The number of carbonyl (C=O) groups excluding carboxylic acids is 1. The van der Waals surface area contributed by atoms with Crippen molar-refractivity contribution in [3.05, 3.63) is 78.0 Å². The van der Waals surface area contributed by atoms with E-state index in [1.807, 2.05) is 0 Å². The molecule has 138 valence electrons. The highest BCUT2D eigenvalue weighted by Crippen LogP contribution is 2.31. The van der Waals surface area contributed by atoms with Crippen LogP contribution in [0.15, 0.2) is 60.9 Å². The molecular formula is C18H12F4N4O. The van der Waals surface area contributed by atoms with Crippen molar-refractivity contribution in [2.45, 2.75) is 6.18 Å². The third-order valence-electron chi connectivity index (χ3n) is 3.46. The molecule has 0 saturated heterocycles. The summed E-state index contributed by atoms with van der Waals surface area (Å²) in [5, 5.41) is 5.24. The number of hydrogen-bond donors (Lipinski definition) is 2. The Morgan fingerprint density at radius 1 is 0.926 bits per heavy atom. The number of amides is 1. The van der Waals surface area contributed by atoms with Crippen LogP contribution in [0.3, 0.4) is 0 Å². The molecule has 3 aromatic rings. The van der Waals surface area contributed by atoms with Crippen molar-refractivity contribution in [2.24, 2.45) is 0 Å². The monoisotopic (exact) mass is 376 g/mol. The van der Waals surface area contributed by atoms with Crippen molar-refractivity contribution in [1.29, 1.82) is 0 Å². The summed E-state index contributed by atoms with van der Waals surface area (Å²) < 4.78 is 51.2. The maximum absolute atomic E-state index is 12.9. The van der Waals surface area contributed by atoms with E-state index in [1.54, 1.807) is 0 Å². The topological polar surface area (TPSA) is 66.9 Å². The maximum Gasteiger partial charge on any atom is 0.416 e. The van der Waals surface area contributed by atoms with Gasteiger partial charge < -0.3 is 10.6 Å². The van der Waals surface area contributed by atoms with Gasteiger partial charge in [0, 0.05) is 17.4 Å². The van der Waals surface area contributed by atoms with Crippen molar-refractivity contribution >= 4 is 23.1 Å². The number of nitrogens with zero attached hydrogens (tertiary/aromatic N) is 2. The number of benzene rings is 2. The molecule has 0 aliphatic rings. The average molecular weight is 376 g/mol. The molecule has 0 aliphatic carbocycles. The molecule has 0 radical (unpaired) electrons. The van der Waals surface area contributed by atoms with E-state index in [4.69, 9.17) is 0 Å². The summed E-state index contributed by atoms with van der Waals surface area (Å²) in [6, 6.07) is 11.0. The maximum atomic E-state index is 12.9. The van der Waals surface area contributed by atoms with Gasteiger partial charge in [-0.3, -0.25) is 4.79 Å². The van der Waals surface area contributed by atoms with Crippen molar-refractivity contribution in [3.63, 3.8) is 0 Å². The highest BCUT2D eigenvalue weighted by molar-refractivity contribution is 6.03. The van der Waals surface area contributed by atoms with E-state index in [2.05, 4.69) is 20.6 Å². The van der Waals surface area contributed by atoms with Crippen LogP contribution in [0.5, 0.6) is 0 Å². The molecule has 1 heterocycles. The largest absolute Gasteiger partial charge is 0.416 e. The lowest BCUT2D eigenvalue weighted by Gasteiger charge is -2.10. The minimum Gasteiger partial charge on any atom is -0.340 e. The highest BCUT2D eigenvalue weighted by atomic mass is 19.4. The summed E-state index contributed by atoms with van der Waals surface area (Å²) in [6.45, 7) is 0. The van der Waals surface area contributed by atoms with Gasteiger partial charge in [0.05, 0.1) is 5.56 Å². The van der Waals surface area contributed by atoms with Crippen LogP contribution in [-0.4, -0.2) is 15.9 Å². The van der Waals surface area contributed by atoms with Crippen LogP contribution >= 0.6 is 0 Å². The molecule has 0 bridgehead atoms. The van der Waals surface area contributed by atoms with E-state index < -0.39 is 23.5 Å². The van der Waals surface area contributed by atoms with Gasteiger partial charge in [-0.1, -0.05) is 6.07 Å². The first-order valence-corrected chi connectivity index (χ1v) is 7.64. The summed E-state index contributed by atoms with van der Waals surface area (Å²) in [5.74, 6) is -0.868. The second-order valence-corrected chi connectivity index (χ2v) is 5.45. The van der Waals surface area contributed by atoms with E-state index in [0.717, 1.165) is 18.5 Å². The van der Waals surface area contributed by atoms with Gasteiger partial charge in [-0.25, -0.2) is 14.4 Å². The Balaban J connectivity index is 1.75. The lowest BCUT2D eigenvalue weighted by atomic mass is 10.2. The number of anilines is 3. The van der Waals surface area contributed by atoms with Crippen LogP contribution in [0.25, 0.3) is 0 Å². The number of hydrogen-bond acceptors (Lipinski definition) is 4. The second-order valence-electron chi connectivity index (χ2n) is 5.45. The van der Waals surface area contributed by atoms with Crippen LogP contribution in [0.2, 0.25) is 0 Å². The summed E-state index contributed by atoms with van der Waals surface area (Å²) >= 11 is 0. The molecular weight excluding hydrogens is 364 g/mol. The number of halogens is 4. The quantitative estimate of drug-likeness (QED) is 0.652. The predicted molar refractivity (Wildman–Crippen MR) is 91.1 cm³/mol. The minimum atomic E-state index is -4.47. The number of rotatable bonds is 4. The van der Waals surface area contributed by atoms with Crippen molar-refractivity contribution in [3.8, 4) is 0 Å². The third kappa shape index (κ3) is 4.78. The Bertz CT molecular complexity index is 958. The van der Waals surface area contributed by atoms with E-state index in [1.165, 1.54) is 42.5 Å². The van der Waals surface area contributed by atoms with E-state index in [-0.39, 0.29) is 17.2 Å². The fourth-order valence-corrected chi connectivity index (χ4v) is 2.20. The van der Waals surface area contributed by atoms with Gasteiger partial charge in [0.25, 0.3) is 5.91 Å². The van der Waals surface area contributed by atoms with Gasteiger partial charge in [0.15, 0.2) is 0 Å². The normalized spacial score (nSPS) is 11.1. The first kappa shape index (κ1) is 18.3. The molecule has 9 heteroatoms. The average Bonchev–Trinajstić information content (AvgIpc) is 2.63. The molecule has 0 atom stereocenters. The molecule has 2 N–H and O–H groups in total. The molecule has 27 heavy (non-hydrogen) atoms. The van der Waals surface area contributed by atoms with Crippen molar-refractivity contribution in [2.75, 3.05) is 10.6 Å². The van der Waals surface area contributed by atoms with Gasteiger partial charge in [0.1, 0.15) is 23.7 Å². The van der Waals surface area contributed by atoms with Gasteiger partial charge in [-0.05, 0) is 42.5 Å². The lowest BCUT2D eigenvalue weighted by molar-refractivity contribution is -0.137. The van der Waals surface area contributed by atoms with Gasteiger partial charge in [-0.2, -0.15) is 13.2 Å². The van der Waals surface area contributed by atoms with Gasteiger partial charge in [0.2, 0.25) is 0 Å². The number of nitrogens with one attached hydrogen (secondary N) is 2. The molecule has 2 aromatic carbocycles. The molecule has 1 amide bonds. The summed E-state index contributed by atoms with van der Waals surface area (Å²) in [4.78, 5) is 19.9. The molecule has 3 rings (SSSR count). The Labute approximate surface area is 151 Å². The minimum absolute atomic E-state index is 0.0104. The van der Waals surface area contributed by atoms with Crippen LogP contribution < -0.4 is 10.6 Å². The highest BCUT2D eigenvalue weighted by Gasteiger charge is 2.30. The van der Waals surface area contributed by atoms with Crippen LogP contribution in [0.1, 0.15) is 16.1 Å².